The largest absolute Gasteiger partial charge is 0.461 e. The van der Waals surface area contributed by atoms with Crippen LogP contribution in [0.3, 0.4) is 0 Å². The third-order valence-electron chi connectivity index (χ3n) is 3.85. The standard InChI is InChI=1S/C19H9F6N3O2/c20-18(21,22)15-9-16(19(23,24)25)28(27-15)13-5-3-11(4-6-13)8-12(10-26)17(29)14-2-1-7-30-14/h1-9H. The number of halogens is 6. The van der Waals surface area contributed by atoms with Crippen molar-refractivity contribution < 1.29 is 35.6 Å². The van der Waals surface area contributed by atoms with Gasteiger partial charge in [-0.25, -0.2) is 4.68 Å². The first-order chi connectivity index (χ1) is 14.0. The second-order valence-corrected chi connectivity index (χ2v) is 5.89. The zero-order valence-corrected chi connectivity index (χ0v) is 14.6. The molecule has 0 saturated heterocycles. The molecule has 3 rings (SSSR count). The highest BCUT2D eigenvalue weighted by molar-refractivity contribution is 6.12. The highest BCUT2D eigenvalue weighted by atomic mass is 19.4. The average molecular weight is 425 g/mol. The van der Waals surface area contributed by atoms with Gasteiger partial charge in [-0.05, 0) is 35.9 Å². The molecule has 0 aliphatic carbocycles. The number of nitriles is 1. The molecule has 5 nitrogen and oxygen atoms in total. The smallest absolute Gasteiger partial charge is 0.435 e. The van der Waals surface area contributed by atoms with E-state index in [1.54, 1.807) is 6.07 Å². The molecule has 0 aliphatic rings. The SMILES string of the molecule is N#CC(=Cc1ccc(-n2nc(C(F)(F)F)cc2C(F)(F)F)cc1)C(=O)c1ccco1. The maximum atomic E-state index is 13.1. The summed E-state index contributed by atoms with van der Waals surface area (Å²) < 4.78 is 82.9. The van der Waals surface area contributed by atoms with Gasteiger partial charge in [-0.1, -0.05) is 12.1 Å². The summed E-state index contributed by atoms with van der Waals surface area (Å²) in [5.41, 5.74) is -3.61. The van der Waals surface area contributed by atoms with Crippen LogP contribution in [0, 0.1) is 11.3 Å². The number of carbonyl (C=O) groups excluding carboxylic acids is 1. The molecule has 154 valence electrons. The van der Waals surface area contributed by atoms with Crippen LogP contribution in [0.2, 0.25) is 0 Å². The molecule has 0 spiro atoms. The van der Waals surface area contributed by atoms with Crippen molar-refractivity contribution in [2.75, 3.05) is 0 Å². The van der Waals surface area contributed by atoms with Gasteiger partial charge < -0.3 is 4.42 Å². The van der Waals surface area contributed by atoms with Gasteiger partial charge in [-0.2, -0.15) is 36.7 Å². The Bertz CT molecular complexity index is 1130. The Balaban J connectivity index is 1.97. The molecule has 0 radical (unpaired) electrons. The summed E-state index contributed by atoms with van der Waals surface area (Å²) in [6.07, 6.45) is -7.71. The van der Waals surface area contributed by atoms with E-state index in [9.17, 15) is 31.1 Å². The number of Topliss-reactive ketones (excluding diaryl/α,β-unsaturated/α-hetero) is 1. The second kappa shape index (κ2) is 7.55. The van der Waals surface area contributed by atoms with Gasteiger partial charge in [0.15, 0.2) is 11.5 Å². The highest BCUT2D eigenvalue weighted by Crippen LogP contribution is 2.36. The topological polar surface area (TPSA) is 71.8 Å². The molecule has 1 aromatic carbocycles. The van der Waals surface area contributed by atoms with Gasteiger partial charge in [0.05, 0.1) is 12.0 Å². The first-order valence-corrected chi connectivity index (χ1v) is 8.05. The minimum Gasteiger partial charge on any atom is -0.461 e. The fourth-order valence-electron chi connectivity index (χ4n) is 2.49. The predicted octanol–water partition coefficient (Wildman–Crippen LogP) is 5.29. The summed E-state index contributed by atoms with van der Waals surface area (Å²) >= 11 is 0. The first kappa shape index (κ1) is 20.9. The van der Waals surface area contributed by atoms with Gasteiger partial charge in [0.25, 0.3) is 0 Å². The van der Waals surface area contributed by atoms with Crippen LogP contribution in [0.1, 0.15) is 27.5 Å². The Labute approximate surface area is 164 Å². The minimum absolute atomic E-state index is 0.0783. The van der Waals surface area contributed by atoms with Crippen LogP contribution in [0.15, 0.2) is 58.7 Å². The molecule has 0 N–H and O–H groups in total. The van der Waals surface area contributed by atoms with Crippen molar-refractivity contribution in [3.63, 3.8) is 0 Å². The van der Waals surface area contributed by atoms with E-state index in [0.29, 0.717) is 0 Å². The molecule has 0 bridgehead atoms. The van der Waals surface area contributed by atoms with Crippen molar-refractivity contribution in [2.45, 2.75) is 12.4 Å². The summed E-state index contributed by atoms with van der Waals surface area (Å²) in [6.45, 7) is 0. The fourth-order valence-corrected chi connectivity index (χ4v) is 2.49. The van der Waals surface area contributed by atoms with E-state index >= 15 is 0 Å². The molecule has 2 aromatic heterocycles. The second-order valence-electron chi connectivity index (χ2n) is 5.89. The van der Waals surface area contributed by atoms with Crippen LogP contribution >= 0.6 is 0 Å². The number of ketones is 1. The molecular formula is C19H9F6N3O2. The van der Waals surface area contributed by atoms with Crippen molar-refractivity contribution in [3.05, 3.63) is 77.0 Å². The van der Waals surface area contributed by atoms with Crippen molar-refractivity contribution in [1.82, 2.24) is 9.78 Å². The van der Waals surface area contributed by atoms with Crippen LogP contribution in [0.4, 0.5) is 26.3 Å². The number of allylic oxidation sites excluding steroid dienone is 1. The lowest BCUT2D eigenvalue weighted by Crippen LogP contribution is -2.13. The Morgan fingerprint density at radius 3 is 2.23 bits per heavy atom. The van der Waals surface area contributed by atoms with Crippen molar-refractivity contribution in [1.29, 1.82) is 5.26 Å². The van der Waals surface area contributed by atoms with E-state index < -0.39 is 29.5 Å². The van der Waals surface area contributed by atoms with E-state index in [-0.39, 0.29) is 33.3 Å². The van der Waals surface area contributed by atoms with Crippen LogP contribution in [0.5, 0.6) is 0 Å². The highest BCUT2D eigenvalue weighted by Gasteiger charge is 2.42. The lowest BCUT2D eigenvalue weighted by molar-refractivity contribution is -0.143. The maximum Gasteiger partial charge on any atom is 0.435 e. The Morgan fingerprint density at radius 1 is 1.07 bits per heavy atom. The van der Waals surface area contributed by atoms with Gasteiger partial charge in [0.2, 0.25) is 5.78 Å². The third kappa shape index (κ3) is 4.27. The summed E-state index contributed by atoms with van der Waals surface area (Å²) in [5, 5.41) is 12.2. The van der Waals surface area contributed by atoms with E-state index in [2.05, 4.69) is 5.10 Å². The number of aromatic nitrogens is 2. The van der Waals surface area contributed by atoms with Crippen LogP contribution in [0.25, 0.3) is 11.8 Å². The summed E-state index contributed by atoms with van der Waals surface area (Å²) in [7, 11) is 0. The molecule has 0 unspecified atom stereocenters. The van der Waals surface area contributed by atoms with Crippen LogP contribution in [-0.2, 0) is 12.4 Å². The van der Waals surface area contributed by atoms with Gasteiger partial charge in [-0.3, -0.25) is 4.79 Å². The zero-order chi connectivity index (χ0) is 22.1. The lowest BCUT2D eigenvalue weighted by Gasteiger charge is -2.10. The van der Waals surface area contributed by atoms with Gasteiger partial charge in [0.1, 0.15) is 17.3 Å². The molecule has 0 atom stereocenters. The molecule has 0 saturated carbocycles. The van der Waals surface area contributed by atoms with Crippen LogP contribution < -0.4 is 0 Å². The molecule has 30 heavy (non-hydrogen) atoms. The molecule has 3 aromatic rings. The molecular weight excluding hydrogens is 416 g/mol. The van der Waals surface area contributed by atoms with Crippen molar-refractivity contribution >= 4 is 11.9 Å². The number of furan rings is 1. The molecule has 11 heteroatoms. The van der Waals surface area contributed by atoms with Gasteiger partial charge in [-0.15, -0.1) is 0 Å². The number of rotatable bonds is 4. The summed E-state index contributed by atoms with van der Waals surface area (Å²) in [4.78, 5) is 12.2. The van der Waals surface area contributed by atoms with E-state index in [1.165, 1.54) is 36.6 Å². The van der Waals surface area contributed by atoms with Crippen LogP contribution in [-0.4, -0.2) is 15.6 Å². The van der Waals surface area contributed by atoms with Crippen molar-refractivity contribution in [3.8, 4) is 11.8 Å². The summed E-state index contributed by atoms with van der Waals surface area (Å²) in [6, 6.07) is 9.05. The number of benzene rings is 1. The first-order valence-electron chi connectivity index (χ1n) is 8.05. The fraction of sp³-hybridized carbons (Fsp3) is 0.105. The molecule has 0 amide bonds. The monoisotopic (exact) mass is 425 g/mol. The molecule has 2 heterocycles. The third-order valence-corrected chi connectivity index (χ3v) is 3.85. The quantitative estimate of drug-likeness (QED) is 0.246. The number of nitrogens with zero attached hydrogens (tertiary/aromatic N) is 3. The Morgan fingerprint density at radius 2 is 1.73 bits per heavy atom. The number of hydrogen-bond donors (Lipinski definition) is 0. The van der Waals surface area contributed by atoms with Crippen molar-refractivity contribution in [2.24, 2.45) is 0 Å². The zero-order valence-electron chi connectivity index (χ0n) is 14.6. The molecule has 0 aliphatic heterocycles. The normalized spacial score (nSPS) is 12.6. The maximum absolute atomic E-state index is 13.1. The number of alkyl halides is 6. The Hall–Kier alpha value is -3.81. The van der Waals surface area contributed by atoms with Gasteiger partial charge in [0, 0.05) is 6.07 Å². The molecule has 0 fully saturated rings. The predicted molar refractivity (Wildman–Crippen MR) is 90.2 cm³/mol. The van der Waals surface area contributed by atoms with E-state index in [0.717, 1.165) is 12.1 Å². The van der Waals surface area contributed by atoms with E-state index in [4.69, 9.17) is 9.68 Å². The van der Waals surface area contributed by atoms with E-state index in [1.807, 2.05) is 0 Å². The lowest BCUT2D eigenvalue weighted by atomic mass is 10.1. The number of hydrogen-bond acceptors (Lipinski definition) is 4. The minimum atomic E-state index is -5.07. The average Bonchev–Trinajstić information content (AvgIpc) is 3.35. The van der Waals surface area contributed by atoms with Gasteiger partial charge >= 0.3 is 12.4 Å². The number of carbonyl (C=O) groups is 1. The summed E-state index contributed by atoms with van der Waals surface area (Å²) in [5.74, 6) is -0.779. The Kier molecular flexibility index (Phi) is 5.26.